The second-order valence-electron chi connectivity index (χ2n) is 6.37. The summed E-state index contributed by atoms with van der Waals surface area (Å²) in [4.78, 5) is 28.6. The highest BCUT2D eigenvalue weighted by Gasteiger charge is 2.29. The molecule has 0 aliphatic heterocycles. The van der Waals surface area contributed by atoms with Gasteiger partial charge in [-0.1, -0.05) is 30.3 Å². The number of carbonyl (C=O) groups excluding carboxylic acids is 2. The number of amides is 2. The molecule has 0 atom stereocenters. The monoisotopic (exact) mass is 333 g/mol. The Bertz CT molecular complexity index is 963. The van der Waals surface area contributed by atoms with Crippen molar-refractivity contribution in [3.63, 3.8) is 0 Å². The highest BCUT2D eigenvalue weighted by Crippen LogP contribution is 2.28. The third kappa shape index (κ3) is 3.18. The molecule has 1 aliphatic rings. The predicted molar refractivity (Wildman–Crippen MR) is 97.3 cm³/mol. The Morgan fingerprint density at radius 1 is 1.00 bits per heavy atom. The van der Waals surface area contributed by atoms with Crippen molar-refractivity contribution < 1.29 is 9.59 Å². The number of rotatable bonds is 5. The third-order valence-corrected chi connectivity index (χ3v) is 4.52. The zero-order chi connectivity index (χ0) is 17.2. The van der Waals surface area contributed by atoms with Crippen LogP contribution < -0.4 is 10.6 Å². The molecule has 0 bridgehead atoms. The Labute approximate surface area is 145 Å². The van der Waals surface area contributed by atoms with Gasteiger partial charge in [-0.15, -0.1) is 0 Å². The average Bonchev–Trinajstić information content (AvgIpc) is 3.49. The average molecular weight is 333 g/mol. The maximum Gasteiger partial charge on any atom is 0.253 e. The minimum Gasteiger partial charge on any atom is -0.354 e. The Morgan fingerprint density at radius 3 is 2.60 bits per heavy atom. The number of benzene rings is 2. The molecule has 2 amide bonds. The first-order chi connectivity index (χ1) is 12.2. The predicted octanol–water partition coefficient (Wildman–Crippen LogP) is 2.64. The van der Waals surface area contributed by atoms with E-state index in [9.17, 15) is 9.59 Å². The molecule has 0 radical (unpaired) electrons. The van der Waals surface area contributed by atoms with E-state index in [1.54, 1.807) is 6.20 Å². The number of aromatic nitrogens is 1. The molecular weight excluding hydrogens is 314 g/mol. The fraction of sp³-hybridized carbons (Fsp3) is 0.250. The summed E-state index contributed by atoms with van der Waals surface area (Å²) in [6.45, 7) is 0.846. The molecule has 1 saturated carbocycles. The number of hydrogen-bond acceptors (Lipinski definition) is 3. The van der Waals surface area contributed by atoms with Crippen LogP contribution in [-0.4, -0.2) is 29.9 Å². The molecule has 0 spiro atoms. The smallest absolute Gasteiger partial charge is 0.253 e. The summed E-state index contributed by atoms with van der Waals surface area (Å²) in [5, 5.41) is 8.78. The quantitative estimate of drug-likeness (QED) is 0.557. The second kappa shape index (κ2) is 6.51. The molecule has 5 nitrogen and oxygen atoms in total. The summed E-state index contributed by atoms with van der Waals surface area (Å²) < 4.78 is 0. The normalized spacial score (nSPS) is 13.8. The molecule has 1 aliphatic carbocycles. The summed E-state index contributed by atoms with van der Waals surface area (Å²) in [7, 11) is 0. The van der Waals surface area contributed by atoms with E-state index in [0.717, 1.165) is 29.0 Å². The van der Waals surface area contributed by atoms with E-state index in [1.807, 2.05) is 42.5 Å². The largest absolute Gasteiger partial charge is 0.354 e. The molecule has 1 aromatic heterocycles. The first-order valence-electron chi connectivity index (χ1n) is 8.56. The van der Waals surface area contributed by atoms with Gasteiger partial charge in [-0.05, 0) is 35.7 Å². The Morgan fingerprint density at radius 2 is 1.76 bits per heavy atom. The van der Waals surface area contributed by atoms with Crippen LogP contribution in [0.15, 0.2) is 48.7 Å². The standard InChI is InChI=1S/C20H19N3O2/c24-19(13-7-8-13)22-10-11-23-20(25)17-12-14-4-1-2-5-15(14)16-6-3-9-21-18(16)17/h1-6,9,12-13H,7-8,10-11H2,(H,22,24)(H,23,25). The van der Waals surface area contributed by atoms with E-state index >= 15 is 0 Å². The molecule has 1 fully saturated rings. The highest BCUT2D eigenvalue weighted by atomic mass is 16.2. The molecule has 0 unspecified atom stereocenters. The first-order valence-corrected chi connectivity index (χ1v) is 8.56. The maximum absolute atomic E-state index is 12.6. The Hall–Kier alpha value is -2.95. The van der Waals surface area contributed by atoms with Crippen LogP contribution in [0.3, 0.4) is 0 Å². The van der Waals surface area contributed by atoms with Crippen molar-refractivity contribution in [3.8, 4) is 0 Å². The van der Waals surface area contributed by atoms with Crippen molar-refractivity contribution in [1.82, 2.24) is 15.6 Å². The highest BCUT2D eigenvalue weighted by molar-refractivity contribution is 6.15. The topological polar surface area (TPSA) is 71.1 Å². The zero-order valence-electron chi connectivity index (χ0n) is 13.8. The van der Waals surface area contributed by atoms with Crippen molar-refractivity contribution in [2.75, 3.05) is 13.1 Å². The summed E-state index contributed by atoms with van der Waals surface area (Å²) in [5.41, 5.74) is 1.25. The van der Waals surface area contributed by atoms with E-state index in [4.69, 9.17) is 0 Å². The van der Waals surface area contributed by atoms with Gasteiger partial charge >= 0.3 is 0 Å². The van der Waals surface area contributed by atoms with E-state index in [0.29, 0.717) is 24.2 Å². The van der Waals surface area contributed by atoms with Gasteiger partial charge in [-0.2, -0.15) is 0 Å². The molecular formula is C20H19N3O2. The summed E-state index contributed by atoms with van der Waals surface area (Å²) >= 11 is 0. The molecule has 25 heavy (non-hydrogen) atoms. The van der Waals surface area contributed by atoms with E-state index in [-0.39, 0.29) is 17.7 Å². The molecule has 5 heteroatoms. The zero-order valence-corrected chi connectivity index (χ0v) is 13.8. The minimum absolute atomic E-state index is 0.0899. The summed E-state index contributed by atoms with van der Waals surface area (Å²) in [5.74, 6) is 0.103. The third-order valence-electron chi connectivity index (χ3n) is 4.52. The lowest BCUT2D eigenvalue weighted by atomic mass is 10.0. The number of fused-ring (bicyclic) bond motifs is 3. The van der Waals surface area contributed by atoms with Gasteiger partial charge in [0.25, 0.3) is 5.91 Å². The Balaban J connectivity index is 1.54. The van der Waals surface area contributed by atoms with Gasteiger partial charge in [-0.25, -0.2) is 0 Å². The van der Waals surface area contributed by atoms with Crippen molar-refractivity contribution in [3.05, 3.63) is 54.2 Å². The number of nitrogens with one attached hydrogen (secondary N) is 2. The van der Waals surface area contributed by atoms with Gasteiger partial charge in [0.1, 0.15) is 0 Å². The van der Waals surface area contributed by atoms with Crippen LogP contribution >= 0.6 is 0 Å². The number of pyridine rings is 1. The molecule has 2 N–H and O–H groups in total. The number of nitrogens with zero attached hydrogens (tertiary/aromatic N) is 1. The van der Waals surface area contributed by atoms with Crippen molar-refractivity contribution in [1.29, 1.82) is 0 Å². The van der Waals surface area contributed by atoms with E-state index in [1.165, 1.54) is 0 Å². The van der Waals surface area contributed by atoms with Crippen LogP contribution in [0.25, 0.3) is 21.7 Å². The summed E-state index contributed by atoms with van der Waals surface area (Å²) in [6.07, 6.45) is 3.66. The second-order valence-corrected chi connectivity index (χ2v) is 6.37. The molecule has 3 aromatic rings. The van der Waals surface area contributed by atoms with Gasteiger partial charge in [0, 0.05) is 30.6 Å². The SMILES string of the molecule is O=C(NCCNC(=O)C1CC1)c1cc2ccccc2c2cccnc12. The first kappa shape index (κ1) is 15.6. The molecule has 4 rings (SSSR count). The molecule has 0 saturated heterocycles. The van der Waals surface area contributed by atoms with Crippen LogP contribution in [-0.2, 0) is 4.79 Å². The number of hydrogen-bond donors (Lipinski definition) is 2. The lowest BCUT2D eigenvalue weighted by Gasteiger charge is -2.10. The fourth-order valence-corrected chi connectivity index (χ4v) is 3.05. The molecule has 2 aromatic carbocycles. The number of carbonyl (C=O) groups is 2. The fourth-order valence-electron chi connectivity index (χ4n) is 3.05. The van der Waals surface area contributed by atoms with Crippen molar-refractivity contribution >= 4 is 33.5 Å². The van der Waals surface area contributed by atoms with E-state index < -0.39 is 0 Å². The van der Waals surface area contributed by atoms with E-state index in [2.05, 4.69) is 15.6 Å². The van der Waals surface area contributed by atoms with Crippen LogP contribution in [0.1, 0.15) is 23.2 Å². The van der Waals surface area contributed by atoms with Crippen molar-refractivity contribution in [2.45, 2.75) is 12.8 Å². The van der Waals surface area contributed by atoms with Crippen LogP contribution in [0.4, 0.5) is 0 Å². The van der Waals surface area contributed by atoms with Crippen LogP contribution in [0.2, 0.25) is 0 Å². The summed E-state index contributed by atoms with van der Waals surface area (Å²) in [6, 6.07) is 13.7. The molecule has 1 heterocycles. The lowest BCUT2D eigenvalue weighted by Crippen LogP contribution is -2.35. The maximum atomic E-state index is 12.6. The Kier molecular flexibility index (Phi) is 4.06. The van der Waals surface area contributed by atoms with Crippen molar-refractivity contribution in [2.24, 2.45) is 5.92 Å². The van der Waals surface area contributed by atoms with Gasteiger partial charge in [-0.3, -0.25) is 14.6 Å². The van der Waals surface area contributed by atoms with Crippen LogP contribution in [0.5, 0.6) is 0 Å². The minimum atomic E-state index is -0.171. The van der Waals surface area contributed by atoms with Gasteiger partial charge < -0.3 is 10.6 Å². The van der Waals surface area contributed by atoms with Gasteiger partial charge in [0.05, 0.1) is 11.1 Å². The molecule has 126 valence electrons. The van der Waals surface area contributed by atoms with Crippen LogP contribution in [0, 0.1) is 5.92 Å². The lowest BCUT2D eigenvalue weighted by molar-refractivity contribution is -0.122. The van der Waals surface area contributed by atoms with Gasteiger partial charge in [0.15, 0.2) is 0 Å². The van der Waals surface area contributed by atoms with Gasteiger partial charge in [0.2, 0.25) is 5.91 Å².